The molecule has 3 aromatic rings. The first-order valence-electron chi connectivity index (χ1n) is 11.2. The molecule has 180 valence electrons. The Morgan fingerprint density at radius 3 is 2.40 bits per heavy atom. The summed E-state index contributed by atoms with van der Waals surface area (Å²) in [5, 5.41) is 11.2. The number of carbonyl (C=O) groups is 2. The Kier molecular flexibility index (Phi) is 7.68. The number of methoxy groups -OCH3 is 1. The molecule has 1 saturated heterocycles. The van der Waals surface area contributed by atoms with Crippen LogP contribution < -0.4 is 4.74 Å². The number of hydrogen-bond acceptors (Lipinski definition) is 5. The predicted molar refractivity (Wildman–Crippen MR) is 137 cm³/mol. The Morgan fingerprint density at radius 1 is 1.03 bits per heavy atom. The van der Waals surface area contributed by atoms with Crippen molar-refractivity contribution in [2.24, 2.45) is 0 Å². The lowest BCUT2D eigenvalue weighted by molar-refractivity contribution is -0.140. The molecule has 3 aromatic carbocycles. The van der Waals surface area contributed by atoms with Gasteiger partial charge in [-0.2, -0.15) is 0 Å². The van der Waals surface area contributed by atoms with E-state index in [9.17, 15) is 14.7 Å². The van der Waals surface area contributed by atoms with E-state index in [2.05, 4.69) is 22.0 Å². The third kappa shape index (κ3) is 5.47. The van der Waals surface area contributed by atoms with Gasteiger partial charge < -0.3 is 19.5 Å². The van der Waals surface area contributed by atoms with Crippen LogP contribution in [0.5, 0.6) is 5.75 Å². The lowest BCUT2D eigenvalue weighted by Gasteiger charge is -2.25. The molecule has 7 heteroatoms. The maximum atomic E-state index is 13.0. The Balaban J connectivity index is 1.63. The van der Waals surface area contributed by atoms with Crippen LogP contribution in [0.2, 0.25) is 0 Å². The fraction of sp³-hybridized carbons (Fsp3) is 0.214. The Labute approximate surface area is 212 Å². The van der Waals surface area contributed by atoms with Crippen LogP contribution in [0.4, 0.5) is 0 Å². The quantitative estimate of drug-likeness (QED) is 0.237. The first-order chi connectivity index (χ1) is 16.9. The summed E-state index contributed by atoms with van der Waals surface area (Å²) in [7, 11) is 1.54. The molecule has 4 rings (SSSR count). The first-order valence-corrected chi connectivity index (χ1v) is 12.0. The maximum absolute atomic E-state index is 13.0. The van der Waals surface area contributed by atoms with Gasteiger partial charge in [0.15, 0.2) is 0 Å². The fourth-order valence-corrected chi connectivity index (χ4v) is 4.39. The number of nitrogens with zero attached hydrogens (tertiary/aromatic N) is 1. The maximum Gasteiger partial charge on any atom is 0.295 e. The number of ether oxygens (including phenoxy) is 2. The molecule has 0 aliphatic carbocycles. The van der Waals surface area contributed by atoms with E-state index in [0.29, 0.717) is 17.9 Å². The van der Waals surface area contributed by atoms with Crippen LogP contribution in [-0.4, -0.2) is 42.0 Å². The molecular weight excluding hydrogens is 510 g/mol. The topological polar surface area (TPSA) is 76.1 Å². The lowest BCUT2D eigenvalue weighted by atomic mass is 9.95. The molecule has 1 amide bonds. The summed E-state index contributed by atoms with van der Waals surface area (Å²) in [6, 6.07) is 21.5. The van der Waals surface area contributed by atoms with Gasteiger partial charge in [-0.15, -0.1) is 0 Å². The number of aryl methyl sites for hydroxylation is 1. The molecule has 1 fully saturated rings. The van der Waals surface area contributed by atoms with Crippen LogP contribution in [0.1, 0.15) is 28.3 Å². The summed E-state index contributed by atoms with van der Waals surface area (Å²) in [5.74, 6) is -0.963. The zero-order valence-electron chi connectivity index (χ0n) is 19.5. The van der Waals surface area contributed by atoms with E-state index in [-0.39, 0.29) is 24.5 Å². The molecule has 0 spiro atoms. The summed E-state index contributed by atoms with van der Waals surface area (Å²) in [6.07, 6.45) is 0. The van der Waals surface area contributed by atoms with Crippen molar-refractivity contribution in [1.29, 1.82) is 0 Å². The summed E-state index contributed by atoms with van der Waals surface area (Å²) in [6.45, 7) is 2.94. The average Bonchev–Trinajstić information content (AvgIpc) is 3.11. The second-order valence-corrected chi connectivity index (χ2v) is 9.25. The van der Waals surface area contributed by atoms with Crippen molar-refractivity contribution >= 4 is 33.4 Å². The third-order valence-corrected chi connectivity index (χ3v) is 6.41. The molecular formula is C28H26BrNO5. The number of ketones is 1. The van der Waals surface area contributed by atoms with E-state index in [1.165, 1.54) is 12.0 Å². The smallest absolute Gasteiger partial charge is 0.295 e. The van der Waals surface area contributed by atoms with E-state index in [1.54, 1.807) is 24.3 Å². The van der Waals surface area contributed by atoms with Crippen LogP contribution in [0.3, 0.4) is 0 Å². The number of Topliss-reactive ketones (excluding diaryl/α,β-unsaturated/α-hetero) is 1. The second kappa shape index (κ2) is 10.9. The van der Waals surface area contributed by atoms with Crippen LogP contribution in [0.25, 0.3) is 5.76 Å². The summed E-state index contributed by atoms with van der Waals surface area (Å²) >= 11 is 3.41. The molecule has 1 heterocycles. The number of aliphatic hydroxyl groups is 1. The van der Waals surface area contributed by atoms with Crippen LogP contribution >= 0.6 is 15.9 Å². The van der Waals surface area contributed by atoms with Crippen LogP contribution in [-0.2, 0) is 20.9 Å². The molecule has 0 saturated carbocycles. The molecule has 0 aromatic heterocycles. The van der Waals surface area contributed by atoms with Crippen molar-refractivity contribution in [1.82, 2.24) is 4.90 Å². The number of benzene rings is 3. The summed E-state index contributed by atoms with van der Waals surface area (Å²) < 4.78 is 11.9. The summed E-state index contributed by atoms with van der Waals surface area (Å²) in [4.78, 5) is 27.3. The van der Waals surface area contributed by atoms with E-state index in [4.69, 9.17) is 9.47 Å². The lowest BCUT2D eigenvalue weighted by Crippen LogP contribution is -2.32. The van der Waals surface area contributed by atoms with Crippen molar-refractivity contribution in [3.05, 3.63) is 105 Å². The van der Waals surface area contributed by atoms with Crippen molar-refractivity contribution in [2.45, 2.75) is 19.6 Å². The molecule has 1 unspecified atom stereocenters. The Bertz CT molecular complexity index is 1250. The minimum Gasteiger partial charge on any atom is -0.507 e. The number of hydrogen-bond donors (Lipinski definition) is 1. The number of likely N-dealkylation sites (tertiary alicyclic amines) is 1. The number of aliphatic hydroxyl groups excluding tert-OH is 1. The van der Waals surface area contributed by atoms with Gasteiger partial charge in [-0.3, -0.25) is 9.59 Å². The van der Waals surface area contributed by atoms with Gasteiger partial charge in [-0.05, 0) is 54.4 Å². The van der Waals surface area contributed by atoms with E-state index in [0.717, 1.165) is 21.2 Å². The highest BCUT2D eigenvalue weighted by Crippen LogP contribution is 2.39. The van der Waals surface area contributed by atoms with Gasteiger partial charge in [0.05, 0.1) is 18.2 Å². The molecule has 1 aliphatic heterocycles. The highest BCUT2D eigenvalue weighted by molar-refractivity contribution is 9.10. The van der Waals surface area contributed by atoms with Gasteiger partial charge in [0.1, 0.15) is 18.1 Å². The normalized spacial score (nSPS) is 17.1. The zero-order chi connectivity index (χ0) is 24.9. The van der Waals surface area contributed by atoms with Gasteiger partial charge in [0.25, 0.3) is 11.7 Å². The van der Waals surface area contributed by atoms with Gasteiger partial charge in [0, 0.05) is 23.7 Å². The molecule has 6 nitrogen and oxygen atoms in total. The standard InChI is InChI=1S/C28H26BrNO5/c1-18-4-3-5-19(16-18)17-35-23-12-8-21(9-13-23)26(31)24-25(20-6-10-22(29)11-7-20)30(14-15-34-2)28(33)27(24)32/h3-13,16,25,31H,14-15,17H2,1-2H3/b26-24-. The second-order valence-electron chi connectivity index (χ2n) is 8.34. The number of rotatable bonds is 8. The van der Waals surface area contributed by atoms with E-state index >= 15 is 0 Å². The molecule has 35 heavy (non-hydrogen) atoms. The predicted octanol–water partition coefficient (Wildman–Crippen LogP) is 5.40. The first kappa shape index (κ1) is 24.7. The fourth-order valence-electron chi connectivity index (χ4n) is 4.13. The largest absolute Gasteiger partial charge is 0.507 e. The minimum atomic E-state index is -0.716. The molecule has 0 bridgehead atoms. The van der Waals surface area contributed by atoms with Gasteiger partial charge in [0.2, 0.25) is 0 Å². The van der Waals surface area contributed by atoms with Crippen LogP contribution in [0.15, 0.2) is 82.8 Å². The minimum absolute atomic E-state index is 0.0573. The molecule has 1 aliphatic rings. The number of halogens is 1. The third-order valence-electron chi connectivity index (χ3n) is 5.88. The molecule has 1 atom stereocenters. The van der Waals surface area contributed by atoms with E-state index < -0.39 is 17.7 Å². The Hall–Kier alpha value is -3.42. The highest BCUT2D eigenvalue weighted by atomic mass is 79.9. The average molecular weight is 536 g/mol. The van der Waals surface area contributed by atoms with Gasteiger partial charge in [-0.1, -0.05) is 57.9 Å². The monoisotopic (exact) mass is 535 g/mol. The van der Waals surface area contributed by atoms with Crippen molar-refractivity contribution < 1.29 is 24.2 Å². The number of amides is 1. The van der Waals surface area contributed by atoms with Crippen LogP contribution in [0, 0.1) is 6.92 Å². The summed E-state index contributed by atoms with van der Waals surface area (Å²) in [5.41, 5.74) is 3.43. The van der Waals surface area contributed by atoms with Crippen molar-refractivity contribution in [2.75, 3.05) is 20.3 Å². The van der Waals surface area contributed by atoms with Gasteiger partial charge in [-0.25, -0.2) is 0 Å². The SMILES string of the molecule is COCCN1C(=O)C(=O)/C(=C(\O)c2ccc(OCc3cccc(C)c3)cc2)C1c1ccc(Br)cc1. The van der Waals surface area contributed by atoms with Crippen molar-refractivity contribution in [3.63, 3.8) is 0 Å². The molecule has 0 radical (unpaired) electrons. The molecule has 1 N–H and O–H groups in total. The number of carbonyl (C=O) groups excluding carboxylic acids is 2. The van der Waals surface area contributed by atoms with E-state index in [1.807, 2.05) is 49.4 Å². The van der Waals surface area contributed by atoms with Crippen molar-refractivity contribution in [3.8, 4) is 5.75 Å². The van der Waals surface area contributed by atoms with Gasteiger partial charge >= 0.3 is 0 Å². The Morgan fingerprint density at radius 2 is 1.74 bits per heavy atom. The highest BCUT2D eigenvalue weighted by Gasteiger charge is 2.45. The zero-order valence-corrected chi connectivity index (χ0v) is 21.1.